The van der Waals surface area contributed by atoms with Crippen LogP contribution in [0.2, 0.25) is 0 Å². The molecule has 0 amide bonds. The van der Waals surface area contributed by atoms with Gasteiger partial charge in [-0.25, -0.2) is 18.3 Å². The minimum Gasteiger partial charge on any atom is -0.550 e. The summed E-state index contributed by atoms with van der Waals surface area (Å²) in [5.41, 5.74) is 4.73. The molecule has 0 fully saturated rings. The van der Waals surface area contributed by atoms with Crippen LogP contribution in [-0.2, 0) is 36.8 Å². The van der Waals surface area contributed by atoms with Gasteiger partial charge in [-0.15, -0.1) is 0 Å². The van der Waals surface area contributed by atoms with Crippen molar-refractivity contribution in [2.75, 3.05) is 0 Å². The van der Waals surface area contributed by atoms with Crippen LogP contribution in [0.5, 0.6) is 0 Å². The molecule has 2 aromatic rings. The molecule has 164 valence electrons. The number of unbranched alkanes of at least 4 members (excludes halogenated alkanes) is 2. The molecule has 1 atom stereocenters. The number of carbonyl (C=O) groups is 2. The summed E-state index contributed by atoms with van der Waals surface area (Å²) in [6, 6.07) is -1.46. The average molecular weight is 410 g/mol. The van der Waals surface area contributed by atoms with Crippen molar-refractivity contribution in [3.05, 3.63) is 37.4 Å². The van der Waals surface area contributed by atoms with Crippen molar-refractivity contribution in [1.29, 1.82) is 0 Å². The number of aliphatic carboxylic acids is 2. The Kier molecular flexibility index (Phi) is 13.9. The largest absolute Gasteiger partial charge is 0.550 e. The molecule has 0 bridgehead atoms. The third kappa shape index (κ3) is 14.0. The van der Waals surface area contributed by atoms with Crippen LogP contribution in [0.1, 0.15) is 46.0 Å². The van der Waals surface area contributed by atoms with Crippen molar-refractivity contribution in [1.82, 2.24) is 9.13 Å². The Bertz CT molecular complexity index is 667. The van der Waals surface area contributed by atoms with Crippen LogP contribution in [-0.4, -0.2) is 27.1 Å². The summed E-state index contributed by atoms with van der Waals surface area (Å²) in [7, 11) is 4.09. The van der Waals surface area contributed by atoms with Crippen LogP contribution in [0.3, 0.4) is 0 Å². The molecule has 29 heavy (non-hydrogen) atoms. The fourth-order valence-electron chi connectivity index (χ4n) is 2.21. The van der Waals surface area contributed by atoms with Gasteiger partial charge in [-0.05, 0) is 12.8 Å². The van der Waals surface area contributed by atoms with Crippen LogP contribution in [0.15, 0.2) is 37.4 Å². The smallest absolute Gasteiger partial charge is 0.243 e. The van der Waals surface area contributed by atoms with Gasteiger partial charge in [0.2, 0.25) is 12.7 Å². The van der Waals surface area contributed by atoms with Gasteiger partial charge in [0.05, 0.1) is 33.2 Å². The van der Waals surface area contributed by atoms with Crippen LogP contribution in [0.25, 0.3) is 0 Å². The van der Waals surface area contributed by atoms with Crippen molar-refractivity contribution < 1.29 is 28.9 Å². The fraction of sp³-hybridized carbons (Fsp3) is 0.600. The molecule has 9 nitrogen and oxygen atoms in total. The average Bonchev–Trinajstić information content (AvgIpc) is 3.26. The lowest BCUT2D eigenvalue weighted by atomic mass is 10.2. The molecule has 2 rings (SSSR count). The summed E-state index contributed by atoms with van der Waals surface area (Å²) >= 11 is 0. The molecule has 2 aromatic heterocycles. The molecule has 0 aliphatic rings. The third-order valence-electron chi connectivity index (χ3n) is 3.88. The SMILES string of the molecule is CCCCn1cc[n+](C)c1.CCCCn1cc[n+](C)c1.N[C@@H](CC(=O)[O-])C(=O)[O-]. The molecule has 9 heteroatoms. The normalized spacial score (nSPS) is 10.9. The molecule has 0 aliphatic heterocycles. The third-order valence-corrected chi connectivity index (χ3v) is 3.88. The summed E-state index contributed by atoms with van der Waals surface area (Å²) in [6.07, 6.45) is 16.9. The summed E-state index contributed by atoms with van der Waals surface area (Å²) in [6.45, 7) is 6.72. The van der Waals surface area contributed by atoms with Crippen molar-refractivity contribution in [2.24, 2.45) is 19.8 Å². The first kappa shape index (κ1) is 26.3. The molecule has 0 spiro atoms. The highest BCUT2D eigenvalue weighted by molar-refractivity contribution is 5.77. The van der Waals surface area contributed by atoms with E-state index in [2.05, 4.69) is 69.6 Å². The Balaban J connectivity index is 0.000000407. The lowest BCUT2D eigenvalue weighted by Gasteiger charge is -2.11. The maximum absolute atomic E-state index is 9.71. The van der Waals surface area contributed by atoms with Crippen molar-refractivity contribution in [3.8, 4) is 0 Å². The number of aromatic nitrogens is 4. The molecule has 0 unspecified atom stereocenters. The van der Waals surface area contributed by atoms with Crippen LogP contribution in [0.4, 0.5) is 0 Å². The molecule has 0 saturated carbocycles. The second kappa shape index (κ2) is 15.3. The number of rotatable bonds is 9. The number of nitrogens with zero attached hydrogens (tertiary/aromatic N) is 4. The van der Waals surface area contributed by atoms with Gasteiger partial charge in [0.15, 0.2) is 0 Å². The van der Waals surface area contributed by atoms with Crippen molar-refractivity contribution in [2.45, 2.75) is 65.1 Å². The van der Waals surface area contributed by atoms with Gasteiger partial charge < -0.3 is 25.5 Å². The Morgan fingerprint density at radius 3 is 1.55 bits per heavy atom. The van der Waals surface area contributed by atoms with Gasteiger partial charge in [-0.3, -0.25) is 0 Å². The van der Waals surface area contributed by atoms with Gasteiger partial charge in [-0.1, -0.05) is 26.7 Å². The first-order chi connectivity index (χ1) is 13.7. The van der Waals surface area contributed by atoms with E-state index >= 15 is 0 Å². The molecule has 0 aliphatic carbocycles. The minimum absolute atomic E-state index is 0.706. The Hall–Kier alpha value is -2.68. The quantitative estimate of drug-likeness (QED) is 0.501. The Labute approximate surface area is 173 Å². The zero-order chi connectivity index (χ0) is 22.2. The Morgan fingerprint density at radius 1 is 0.931 bits per heavy atom. The van der Waals surface area contributed by atoms with Gasteiger partial charge in [0.25, 0.3) is 0 Å². The van der Waals surface area contributed by atoms with E-state index in [1.165, 1.54) is 25.7 Å². The van der Waals surface area contributed by atoms with E-state index < -0.39 is 24.4 Å². The first-order valence-electron chi connectivity index (χ1n) is 9.87. The molecular formula is C20H35N5O4. The van der Waals surface area contributed by atoms with E-state index in [0.29, 0.717) is 0 Å². The molecule has 2 N–H and O–H groups in total. The highest BCUT2D eigenvalue weighted by Gasteiger charge is 2.01. The fourth-order valence-corrected chi connectivity index (χ4v) is 2.21. The van der Waals surface area contributed by atoms with Crippen LogP contribution in [0, 0.1) is 0 Å². The number of hydrogen-bond acceptors (Lipinski definition) is 5. The first-order valence-corrected chi connectivity index (χ1v) is 9.87. The van der Waals surface area contributed by atoms with E-state index in [1.54, 1.807) is 0 Å². The molecular weight excluding hydrogens is 374 g/mol. The minimum atomic E-state index is -1.58. The number of carboxylic acids is 2. The lowest BCUT2D eigenvalue weighted by molar-refractivity contribution is -0.671. The van der Waals surface area contributed by atoms with Crippen LogP contribution >= 0.6 is 0 Å². The number of imidazole rings is 2. The maximum atomic E-state index is 9.71. The van der Waals surface area contributed by atoms with Gasteiger partial charge in [0.1, 0.15) is 24.8 Å². The second-order valence-corrected chi connectivity index (χ2v) is 6.84. The predicted octanol–water partition coefficient (Wildman–Crippen LogP) is -1.57. The Morgan fingerprint density at radius 2 is 1.34 bits per heavy atom. The van der Waals surface area contributed by atoms with Gasteiger partial charge >= 0.3 is 0 Å². The monoisotopic (exact) mass is 409 g/mol. The number of carboxylic acid groups (broad SMARTS) is 2. The summed E-state index contributed by atoms with van der Waals surface area (Å²) in [5.74, 6) is -3.08. The molecule has 0 aromatic carbocycles. The van der Waals surface area contributed by atoms with Crippen LogP contribution < -0.4 is 25.1 Å². The van der Waals surface area contributed by atoms with E-state index in [0.717, 1.165) is 13.1 Å². The van der Waals surface area contributed by atoms with E-state index in [9.17, 15) is 19.8 Å². The maximum Gasteiger partial charge on any atom is 0.243 e. The number of aryl methyl sites for hydroxylation is 4. The predicted molar refractivity (Wildman–Crippen MR) is 104 cm³/mol. The van der Waals surface area contributed by atoms with Gasteiger partial charge in [-0.2, -0.15) is 0 Å². The molecule has 2 heterocycles. The molecule has 0 saturated heterocycles. The zero-order valence-electron chi connectivity index (χ0n) is 18.0. The van der Waals surface area contributed by atoms with Gasteiger partial charge in [0, 0.05) is 18.4 Å². The number of hydrogen-bond donors (Lipinski definition) is 1. The second-order valence-electron chi connectivity index (χ2n) is 6.84. The highest BCUT2D eigenvalue weighted by atomic mass is 16.4. The lowest BCUT2D eigenvalue weighted by Crippen LogP contribution is -2.45. The van der Waals surface area contributed by atoms with E-state index in [1.807, 2.05) is 14.1 Å². The number of nitrogens with two attached hydrogens (primary N) is 1. The van der Waals surface area contributed by atoms with Crippen molar-refractivity contribution in [3.63, 3.8) is 0 Å². The number of carbonyl (C=O) groups excluding carboxylic acids is 2. The topological polar surface area (TPSA) is 124 Å². The van der Waals surface area contributed by atoms with E-state index in [-0.39, 0.29) is 0 Å². The highest BCUT2D eigenvalue weighted by Crippen LogP contribution is 1.92. The van der Waals surface area contributed by atoms with Crippen molar-refractivity contribution >= 4 is 11.9 Å². The summed E-state index contributed by atoms with van der Waals surface area (Å²) < 4.78 is 8.55. The zero-order valence-corrected chi connectivity index (χ0v) is 18.0. The van der Waals surface area contributed by atoms with E-state index in [4.69, 9.17) is 5.73 Å². The molecule has 0 radical (unpaired) electrons. The summed E-state index contributed by atoms with van der Waals surface area (Å²) in [5, 5.41) is 19.3. The standard InChI is InChI=1S/2C8H15N2.C4H7NO4/c2*1-3-4-5-10-7-6-9(2)8-10;5-2(4(8)9)1-3(6)7/h2*6-8H,3-5H2,1-2H3;2H,1,5H2,(H,6,7)(H,8,9)/q2*+1;/p-2/t;;2-/m..0/s1. The summed E-state index contributed by atoms with van der Waals surface area (Å²) in [4.78, 5) is 19.3.